The largest absolute Gasteiger partial charge is 0.492 e. The lowest BCUT2D eigenvalue weighted by atomic mass is 10.2. The minimum atomic E-state index is 0.159. The standard InChI is InChI=1S/C15H16N2O2/c18-15(11-3-4-11)17-8-9-19-13-5-6-14-12(10-13)2-1-7-16-14/h1-2,5-7,10-11H,3-4,8-9H2,(H,17,18). The molecule has 1 aliphatic rings. The number of carbonyl (C=O) groups is 1. The number of carbonyl (C=O) groups excluding carboxylic acids is 1. The second-order valence-electron chi connectivity index (χ2n) is 4.77. The summed E-state index contributed by atoms with van der Waals surface area (Å²) >= 11 is 0. The molecule has 1 aromatic carbocycles. The van der Waals surface area contributed by atoms with Gasteiger partial charge in [-0.1, -0.05) is 6.07 Å². The molecular weight excluding hydrogens is 240 g/mol. The van der Waals surface area contributed by atoms with Crippen molar-refractivity contribution in [2.24, 2.45) is 5.92 Å². The van der Waals surface area contributed by atoms with Crippen LogP contribution < -0.4 is 10.1 Å². The molecule has 0 aliphatic heterocycles. The number of hydrogen-bond donors (Lipinski definition) is 1. The van der Waals surface area contributed by atoms with Crippen molar-refractivity contribution in [3.05, 3.63) is 36.5 Å². The van der Waals surface area contributed by atoms with Crippen molar-refractivity contribution in [2.45, 2.75) is 12.8 Å². The zero-order valence-corrected chi connectivity index (χ0v) is 10.6. The molecule has 0 spiro atoms. The van der Waals surface area contributed by atoms with Crippen molar-refractivity contribution in [3.8, 4) is 5.75 Å². The van der Waals surface area contributed by atoms with Crippen molar-refractivity contribution in [3.63, 3.8) is 0 Å². The van der Waals surface area contributed by atoms with Gasteiger partial charge in [-0.2, -0.15) is 0 Å². The number of nitrogens with zero attached hydrogens (tertiary/aromatic N) is 1. The summed E-state index contributed by atoms with van der Waals surface area (Å²) in [6, 6.07) is 9.71. The maximum Gasteiger partial charge on any atom is 0.223 e. The van der Waals surface area contributed by atoms with Crippen LogP contribution in [0.15, 0.2) is 36.5 Å². The Hall–Kier alpha value is -2.10. The van der Waals surface area contributed by atoms with Crippen LogP contribution in [-0.2, 0) is 4.79 Å². The number of pyridine rings is 1. The van der Waals surface area contributed by atoms with Gasteiger partial charge in [-0.25, -0.2) is 0 Å². The summed E-state index contributed by atoms with van der Waals surface area (Å²) in [6.07, 6.45) is 3.84. The fourth-order valence-electron chi connectivity index (χ4n) is 1.98. The minimum absolute atomic E-state index is 0.159. The second-order valence-corrected chi connectivity index (χ2v) is 4.77. The van der Waals surface area contributed by atoms with E-state index in [1.165, 1.54) is 0 Å². The first-order chi connectivity index (χ1) is 9.33. The normalized spacial score (nSPS) is 14.3. The van der Waals surface area contributed by atoms with Gasteiger partial charge < -0.3 is 10.1 Å². The van der Waals surface area contributed by atoms with E-state index in [4.69, 9.17) is 4.74 Å². The summed E-state index contributed by atoms with van der Waals surface area (Å²) < 4.78 is 5.62. The van der Waals surface area contributed by atoms with Crippen molar-refractivity contribution in [2.75, 3.05) is 13.2 Å². The Morgan fingerprint density at radius 3 is 3.11 bits per heavy atom. The van der Waals surface area contributed by atoms with Crippen LogP contribution in [0.25, 0.3) is 10.9 Å². The number of benzene rings is 1. The lowest BCUT2D eigenvalue weighted by Crippen LogP contribution is -2.29. The Balaban J connectivity index is 1.51. The van der Waals surface area contributed by atoms with Crippen LogP contribution in [0.5, 0.6) is 5.75 Å². The van der Waals surface area contributed by atoms with Gasteiger partial charge in [-0.3, -0.25) is 9.78 Å². The second kappa shape index (κ2) is 5.26. The molecular formula is C15H16N2O2. The van der Waals surface area contributed by atoms with Gasteiger partial charge in [0.1, 0.15) is 12.4 Å². The molecule has 4 nitrogen and oxygen atoms in total. The van der Waals surface area contributed by atoms with Crippen molar-refractivity contribution in [1.29, 1.82) is 0 Å². The average Bonchev–Trinajstić information content (AvgIpc) is 3.28. The molecule has 1 saturated carbocycles. The van der Waals surface area contributed by atoms with Gasteiger partial charge in [0.05, 0.1) is 12.1 Å². The van der Waals surface area contributed by atoms with E-state index in [9.17, 15) is 4.79 Å². The number of aromatic nitrogens is 1. The van der Waals surface area contributed by atoms with E-state index in [2.05, 4.69) is 10.3 Å². The van der Waals surface area contributed by atoms with Crippen LogP contribution in [0.3, 0.4) is 0 Å². The molecule has 0 unspecified atom stereocenters. The highest BCUT2D eigenvalue weighted by Gasteiger charge is 2.28. The SMILES string of the molecule is O=C(NCCOc1ccc2ncccc2c1)C1CC1. The summed E-state index contributed by atoms with van der Waals surface area (Å²) in [6.45, 7) is 1.05. The van der Waals surface area contributed by atoms with Gasteiger partial charge in [-0.15, -0.1) is 0 Å². The van der Waals surface area contributed by atoms with Crippen molar-refractivity contribution in [1.82, 2.24) is 10.3 Å². The Kier molecular flexibility index (Phi) is 3.31. The molecule has 0 radical (unpaired) electrons. The number of nitrogens with one attached hydrogen (secondary N) is 1. The highest BCUT2D eigenvalue weighted by molar-refractivity contribution is 5.81. The smallest absolute Gasteiger partial charge is 0.223 e. The zero-order valence-electron chi connectivity index (χ0n) is 10.6. The highest BCUT2D eigenvalue weighted by Crippen LogP contribution is 2.28. The first-order valence-electron chi connectivity index (χ1n) is 6.58. The zero-order chi connectivity index (χ0) is 13.1. The quantitative estimate of drug-likeness (QED) is 0.834. The molecule has 1 fully saturated rings. The number of amides is 1. The first kappa shape index (κ1) is 12.0. The lowest BCUT2D eigenvalue weighted by Gasteiger charge is -2.08. The topological polar surface area (TPSA) is 51.2 Å². The van der Waals surface area contributed by atoms with Gasteiger partial charge in [0.25, 0.3) is 0 Å². The molecule has 4 heteroatoms. The first-order valence-corrected chi connectivity index (χ1v) is 6.58. The number of ether oxygens (including phenoxy) is 1. The number of hydrogen-bond acceptors (Lipinski definition) is 3. The third-order valence-electron chi connectivity index (χ3n) is 3.19. The van der Waals surface area contributed by atoms with E-state index >= 15 is 0 Å². The van der Waals surface area contributed by atoms with Crippen LogP contribution in [0, 0.1) is 5.92 Å². The molecule has 98 valence electrons. The van der Waals surface area contributed by atoms with E-state index in [-0.39, 0.29) is 11.8 Å². The molecule has 3 rings (SSSR count). The van der Waals surface area contributed by atoms with Gasteiger partial charge in [0.2, 0.25) is 5.91 Å². The van der Waals surface area contributed by atoms with Crippen LogP contribution in [-0.4, -0.2) is 24.0 Å². The Morgan fingerprint density at radius 1 is 1.37 bits per heavy atom. The number of fused-ring (bicyclic) bond motifs is 1. The van der Waals surface area contributed by atoms with Crippen LogP contribution >= 0.6 is 0 Å². The van der Waals surface area contributed by atoms with Gasteiger partial charge in [-0.05, 0) is 37.1 Å². The predicted octanol–water partition coefficient (Wildman–Crippen LogP) is 2.14. The Morgan fingerprint density at radius 2 is 2.26 bits per heavy atom. The van der Waals surface area contributed by atoms with Crippen molar-refractivity contribution < 1.29 is 9.53 Å². The fraction of sp³-hybridized carbons (Fsp3) is 0.333. The van der Waals surface area contributed by atoms with E-state index in [0.717, 1.165) is 29.5 Å². The predicted molar refractivity (Wildman–Crippen MR) is 73.0 cm³/mol. The van der Waals surface area contributed by atoms with Crippen LogP contribution in [0.1, 0.15) is 12.8 Å². The summed E-state index contributed by atoms with van der Waals surface area (Å²) in [5.41, 5.74) is 0.955. The molecule has 0 atom stereocenters. The van der Waals surface area contributed by atoms with E-state index < -0.39 is 0 Å². The van der Waals surface area contributed by atoms with E-state index in [1.807, 2.05) is 30.3 Å². The highest BCUT2D eigenvalue weighted by atomic mass is 16.5. The summed E-state index contributed by atoms with van der Waals surface area (Å²) in [5, 5.41) is 3.93. The molecule has 1 heterocycles. The summed E-state index contributed by atoms with van der Waals surface area (Å²) in [7, 11) is 0. The molecule has 19 heavy (non-hydrogen) atoms. The maximum absolute atomic E-state index is 11.4. The average molecular weight is 256 g/mol. The Bertz CT molecular complexity index is 593. The molecule has 1 amide bonds. The van der Waals surface area contributed by atoms with E-state index in [0.29, 0.717) is 13.2 Å². The van der Waals surface area contributed by atoms with E-state index in [1.54, 1.807) is 6.20 Å². The summed E-state index contributed by atoms with van der Waals surface area (Å²) in [4.78, 5) is 15.7. The molecule has 1 N–H and O–H groups in total. The third-order valence-corrected chi connectivity index (χ3v) is 3.19. The molecule has 2 aromatic rings. The lowest BCUT2D eigenvalue weighted by molar-refractivity contribution is -0.122. The molecule has 1 aromatic heterocycles. The van der Waals surface area contributed by atoms with Gasteiger partial charge >= 0.3 is 0 Å². The van der Waals surface area contributed by atoms with Gasteiger partial charge in [0, 0.05) is 17.5 Å². The van der Waals surface area contributed by atoms with Crippen LogP contribution in [0.2, 0.25) is 0 Å². The monoisotopic (exact) mass is 256 g/mol. The Labute approximate surface area is 111 Å². The maximum atomic E-state index is 11.4. The minimum Gasteiger partial charge on any atom is -0.492 e. The third kappa shape index (κ3) is 3.02. The van der Waals surface area contributed by atoms with Crippen LogP contribution in [0.4, 0.5) is 0 Å². The fourth-order valence-corrected chi connectivity index (χ4v) is 1.98. The molecule has 0 saturated heterocycles. The molecule has 0 bridgehead atoms. The number of rotatable bonds is 5. The van der Waals surface area contributed by atoms with Crippen molar-refractivity contribution >= 4 is 16.8 Å². The molecule has 1 aliphatic carbocycles. The van der Waals surface area contributed by atoms with Gasteiger partial charge in [0.15, 0.2) is 0 Å². The summed E-state index contributed by atoms with van der Waals surface area (Å²) in [5.74, 6) is 1.22.